The van der Waals surface area contributed by atoms with E-state index in [1.807, 2.05) is 0 Å². The lowest BCUT2D eigenvalue weighted by molar-refractivity contribution is -0.112. The van der Waals surface area contributed by atoms with Gasteiger partial charge in [0, 0.05) is 18.7 Å². The Morgan fingerprint density at radius 1 is 1.33 bits per heavy atom. The smallest absolute Gasteiger partial charge is 0.266 e. The third-order valence-electron chi connectivity index (χ3n) is 6.10. The highest BCUT2D eigenvalue weighted by Gasteiger charge is 2.53. The van der Waals surface area contributed by atoms with E-state index in [-0.39, 0.29) is 58.4 Å². The summed E-state index contributed by atoms with van der Waals surface area (Å²) in [4.78, 5) is 12.8. The maximum absolute atomic E-state index is 13.3. The van der Waals surface area contributed by atoms with E-state index >= 15 is 0 Å². The third kappa shape index (κ3) is 4.27. The van der Waals surface area contributed by atoms with Crippen LogP contribution in [-0.2, 0) is 4.79 Å². The molecule has 6 nitrogen and oxygen atoms in total. The van der Waals surface area contributed by atoms with Crippen LogP contribution < -0.4 is 16.4 Å². The van der Waals surface area contributed by atoms with Gasteiger partial charge in [-0.1, -0.05) is 11.6 Å². The number of nitrogens with one attached hydrogen (secondary N) is 3. The van der Waals surface area contributed by atoms with Crippen LogP contribution >= 0.6 is 11.6 Å². The quantitative estimate of drug-likeness (QED) is 0.342. The number of hydrogen-bond acceptors (Lipinski definition) is 5. The zero-order valence-electron chi connectivity index (χ0n) is 16.3. The summed E-state index contributed by atoms with van der Waals surface area (Å²) in [5, 5.41) is 23.7. The molecule has 2 fully saturated rings. The van der Waals surface area contributed by atoms with Crippen molar-refractivity contribution in [1.82, 2.24) is 5.32 Å². The minimum absolute atomic E-state index is 0.00236. The fourth-order valence-electron chi connectivity index (χ4n) is 4.60. The summed E-state index contributed by atoms with van der Waals surface area (Å²) in [6.07, 6.45) is -1.98. The lowest BCUT2D eigenvalue weighted by Crippen LogP contribution is -2.35. The number of anilines is 1. The van der Waals surface area contributed by atoms with Gasteiger partial charge in [0.05, 0.1) is 10.7 Å². The average Bonchev–Trinajstić information content (AvgIpc) is 3.20. The van der Waals surface area contributed by atoms with Crippen LogP contribution in [0.2, 0.25) is 5.02 Å². The van der Waals surface area contributed by atoms with Crippen molar-refractivity contribution >= 4 is 28.9 Å². The van der Waals surface area contributed by atoms with E-state index in [0.717, 1.165) is 6.07 Å². The van der Waals surface area contributed by atoms with E-state index < -0.39 is 23.8 Å². The summed E-state index contributed by atoms with van der Waals surface area (Å²) in [7, 11) is 1.51. The Balaban J connectivity index is 1.75. The van der Waals surface area contributed by atoms with Crippen molar-refractivity contribution in [2.24, 2.45) is 23.5 Å². The average molecular weight is 445 g/mol. The first kappa shape index (κ1) is 22.4. The van der Waals surface area contributed by atoms with E-state index in [2.05, 4.69) is 10.6 Å². The Morgan fingerprint density at radius 2 is 1.93 bits per heavy atom. The summed E-state index contributed by atoms with van der Waals surface area (Å²) in [5.41, 5.74) is 4.15. The first-order chi connectivity index (χ1) is 14.1. The zero-order valence-corrected chi connectivity index (χ0v) is 17.1. The molecule has 3 rings (SSSR count). The molecule has 0 saturated heterocycles. The molecule has 0 heterocycles. The van der Waals surface area contributed by atoms with Crippen LogP contribution in [0.25, 0.3) is 0 Å². The molecule has 0 spiro atoms. The van der Waals surface area contributed by atoms with Crippen molar-refractivity contribution in [3.05, 3.63) is 40.4 Å². The molecule has 2 aliphatic rings. The largest absolute Gasteiger partial charge is 0.385 e. The summed E-state index contributed by atoms with van der Waals surface area (Å²) in [6, 6.07) is 3.69. The van der Waals surface area contributed by atoms with Gasteiger partial charge in [0.2, 0.25) is 0 Å². The third-order valence-corrected chi connectivity index (χ3v) is 6.39. The van der Waals surface area contributed by atoms with Crippen LogP contribution in [0.5, 0.6) is 0 Å². The van der Waals surface area contributed by atoms with Gasteiger partial charge in [-0.25, -0.2) is 13.2 Å². The number of benzene rings is 1. The van der Waals surface area contributed by atoms with Gasteiger partial charge in [-0.3, -0.25) is 4.79 Å². The highest BCUT2D eigenvalue weighted by Crippen LogP contribution is 2.53. The Kier molecular flexibility index (Phi) is 6.33. The van der Waals surface area contributed by atoms with Crippen molar-refractivity contribution < 1.29 is 23.1 Å². The molecule has 10 heteroatoms. The zero-order chi connectivity index (χ0) is 22.2. The molecule has 1 aromatic rings. The number of carbonyl (C=O) groups is 1. The number of amides is 1. The minimum Gasteiger partial charge on any atom is -0.385 e. The highest BCUT2D eigenvalue weighted by molar-refractivity contribution is 6.31. The highest BCUT2D eigenvalue weighted by atomic mass is 35.5. The Bertz CT molecular complexity index is 879. The number of hydrogen-bond donors (Lipinski definition) is 5. The monoisotopic (exact) mass is 444 g/mol. The molecule has 2 unspecified atom stereocenters. The van der Waals surface area contributed by atoms with Crippen molar-refractivity contribution in [2.75, 3.05) is 12.4 Å². The van der Waals surface area contributed by atoms with Gasteiger partial charge in [-0.2, -0.15) is 0 Å². The molecule has 1 aromatic carbocycles. The van der Waals surface area contributed by atoms with Crippen LogP contribution in [0.1, 0.15) is 25.7 Å². The fourth-order valence-corrected chi connectivity index (χ4v) is 4.78. The summed E-state index contributed by atoms with van der Waals surface area (Å²) in [5.74, 6) is -1.90. The van der Waals surface area contributed by atoms with Crippen molar-refractivity contribution in [3.63, 3.8) is 0 Å². The van der Waals surface area contributed by atoms with Crippen LogP contribution in [0.3, 0.4) is 0 Å². The lowest BCUT2D eigenvalue weighted by atomic mass is 9.89. The van der Waals surface area contributed by atoms with Crippen molar-refractivity contribution in [1.29, 1.82) is 5.41 Å². The number of halogens is 4. The van der Waals surface area contributed by atoms with Gasteiger partial charge >= 0.3 is 0 Å². The number of alkyl halides is 2. The predicted molar refractivity (Wildman–Crippen MR) is 108 cm³/mol. The number of nitrogens with two attached hydrogens (primary N) is 1. The van der Waals surface area contributed by atoms with Gasteiger partial charge in [-0.05, 0) is 55.7 Å². The van der Waals surface area contributed by atoms with Gasteiger partial charge in [-0.15, -0.1) is 0 Å². The van der Waals surface area contributed by atoms with E-state index in [1.54, 1.807) is 0 Å². The number of carbonyl (C=O) groups excluding carboxylic acids is 1. The van der Waals surface area contributed by atoms with E-state index in [0.29, 0.717) is 12.8 Å². The van der Waals surface area contributed by atoms with Crippen LogP contribution in [-0.4, -0.2) is 35.8 Å². The van der Waals surface area contributed by atoms with Crippen LogP contribution in [0.4, 0.5) is 18.9 Å². The molecular weight excluding hydrogens is 421 g/mol. The SMILES string of the molecule is CN/C(N)=C(\C(=N)C1CC2CC(O)(C(F)F)CC2C1)C(=O)Nc1ccc(F)c(Cl)c1. The number of aliphatic hydroxyl groups is 1. The fraction of sp³-hybridized carbons (Fsp3) is 0.500. The molecule has 2 saturated carbocycles. The predicted octanol–water partition coefficient (Wildman–Crippen LogP) is 3.26. The van der Waals surface area contributed by atoms with Crippen molar-refractivity contribution in [3.8, 4) is 0 Å². The molecule has 0 aliphatic heterocycles. The molecule has 6 N–H and O–H groups in total. The lowest BCUT2D eigenvalue weighted by Gasteiger charge is -2.24. The maximum atomic E-state index is 13.3. The summed E-state index contributed by atoms with van der Waals surface area (Å²) < 4.78 is 39.6. The molecule has 2 atom stereocenters. The van der Waals surface area contributed by atoms with E-state index in [4.69, 9.17) is 22.7 Å². The van der Waals surface area contributed by atoms with Gasteiger partial charge in [0.1, 0.15) is 22.8 Å². The Morgan fingerprint density at radius 3 is 2.43 bits per heavy atom. The summed E-state index contributed by atoms with van der Waals surface area (Å²) >= 11 is 5.74. The maximum Gasteiger partial charge on any atom is 0.266 e. The summed E-state index contributed by atoms with van der Waals surface area (Å²) in [6.45, 7) is 0. The van der Waals surface area contributed by atoms with Crippen LogP contribution in [0, 0.1) is 29.0 Å². The molecule has 30 heavy (non-hydrogen) atoms. The van der Waals surface area contributed by atoms with Crippen LogP contribution in [0.15, 0.2) is 29.6 Å². The molecule has 0 radical (unpaired) electrons. The standard InChI is InChI=1S/C20H24ClF3N4O2/c1-27-17(26)15(18(29)28-12-2-3-14(22)13(21)6-12)16(25)9-4-10-7-20(30,19(23)24)8-11(10)5-9/h2-3,6,9-11,19,25,27,30H,4-5,7-8,26H2,1H3,(H,28,29)/b17-15+,25-16?. The first-order valence-corrected chi connectivity index (χ1v) is 9.96. The normalized spacial score (nSPS) is 28.8. The van der Waals surface area contributed by atoms with Gasteiger partial charge in [0.15, 0.2) is 0 Å². The second-order valence-corrected chi connectivity index (χ2v) is 8.44. The Hall–Kier alpha value is -2.26. The molecule has 2 aliphatic carbocycles. The van der Waals surface area contributed by atoms with E-state index in [9.17, 15) is 23.1 Å². The molecule has 164 valence electrons. The number of fused-ring (bicyclic) bond motifs is 1. The van der Waals surface area contributed by atoms with Crippen molar-refractivity contribution in [2.45, 2.75) is 37.7 Å². The second-order valence-electron chi connectivity index (χ2n) is 8.04. The molecule has 1 amide bonds. The molecule has 0 bridgehead atoms. The molecule has 0 aromatic heterocycles. The minimum atomic E-state index is -2.80. The topological polar surface area (TPSA) is 111 Å². The van der Waals surface area contributed by atoms with E-state index in [1.165, 1.54) is 19.2 Å². The number of rotatable bonds is 6. The van der Waals surface area contributed by atoms with Gasteiger partial charge < -0.3 is 26.9 Å². The molecular formula is C20H24ClF3N4O2. The second kappa shape index (κ2) is 8.47. The van der Waals surface area contributed by atoms with Gasteiger partial charge in [0.25, 0.3) is 12.3 Å². The Labute approximate surface area is 177 Å². The first-order valence-electron chi connectivity index (χ1n) is 9.59.